The molecule has 1 heterocycles. The SMILES string of the molecule is N#Cc1c(-c2cccc(-c3ccccc3)n2)ccc(-c2ccccc2)c1-c1ccccc1. The maximum atomic E-state index is 10.3. The Morgan fingerprint density at radius 2 is 1.00 bits per heavy atom. The minimum atomic E-state index is 0.635. The maximum absolute atomic E-state index is 10.3. The highest BCUT2D eigenvalue weighted by Crippen LogP contribution is 2.39. The zero-order chi connectivity index (χ0) is 21.8. The van der Waals surface area contributed by atoms with Crippen LogP contribution in [-0.4, -0.2) is 4.98 Å². The van der Waals surface area contributed by atoms with Crippen LogP contribution in [0.3, 0.4) is 0 Å². The average molecular weight is 409 g/mol. The Kier molecular flexibility index (Phi) is 5.31. The van der Waals surface area contributed by atoms with E-state index in [0.717, 1.165) is 44.8 Å². The van der Waals surface area contributed by atoms with Crippen LogP contribution < -0.4 is 0 Å². The fourth-order valence-electron chi connectivity index (χ4n) is 4.05. The zero-order valence-electron chi connectivity index (χ0n) is 17.4. The number of aromatic nitrogens is 1. The van der Waals surface area contributed by atoms with Crippen molar-refractivity contribution in [2.45, 2.75) is 0 Å². The van der Waals surface area contributed by atoms with Gasteiger partial charge in [0.25, 0.3) is 0 Å². The summed E-state index contributed by atoms with van der Waals surface area (Å²) < 4.78 is 0. The number of rotatable bonds is 4. The van der Waals surface area contributed by atoms with Crippen molar-refractivity contribution in [2.24, 2.45) is 0 Å². The van der Waals surface area contributed by atoms with Gasteiger partial charge in [-0.1, -0.05) is 109 Å². The highest BCUT2D eigenvalue weighted by Gasteiger charge is 2.18. The molecule has 4 aromatic carbocycles. The van der Waals surface area contributed by atoms with E-state index >= 15 is 0 Å². The number of nitrogens with zero attached hydrogens (tertiary/aromatic N) is 2. The smallest absolute Gasteiger partial charge is 0.101 e. The third-order valence-electron chi connectivity index (χ3n) is 5.56. The molecule has 5 aromatic rings. The first-order chi connectivity index (χ1) is 15.8. The molecule has 0 saturated carbocycles. The summed E-state index contributed by atoms with van der Waals surface area (Å²) in [4.78, 5) is 4.91. The molecule has 0 aliphatic heterocycles. The van der Waals surface area contributed by atoms with Crippen LogP contribution in [0.5, 0.6) is 0 Å². The van der Waals surface area contributed by atoms with Gasteiger partial charge in [0.1, 0.15) is 6.07 Å². The molecule has 2 heteroatoms. The third kappa shape index (κ3) is 3.69. The first kappa shape index (κ1) is 19.5. The Balaban J connectivity index is 1.75. The molecule has 2 nitrogen and oxygen atoms in total. The van der Waals surface area contributed by atoms with Gasteiger partial charge in [-0.05, 0) is 28.8 Å². The Hall–Kier alpha value is -4.48. The highest BCUT2D eigenvalue weighted by molar-refractivity contribution is 5.92. The monoisotopic (exact) mass is 408 g/mol. The Morgan fingerprint density at radius 1 is 0.469 bits per heavy atom. The fourth-order valence-corrected chi connectivity index (χ4v) is 4.05. The van der Waals surface area contributed by atoms with Gasteiger partial charge in [0.15, 0.2) is 0 Å². The third-order valence-corrected chi connectivity index (χ3v) is 5.56. The molecule has 0 atom stereocenters. The van der Waals surface area contributed by atoms with Crippen LogP contribution in [0.15, 0.2) is 121 Å². The molecule has 1 aromatic heterocycles. The number of benzene rings is 4. The summed E-state index contributed by atoms with van der Waals surface area (Å²) in [5.41, 5.74) is 8.28. The second kappa shape index (κ2) is 8.71. The summed E-state index contributed by atoms with van der Waals surface area (Å²) in [7, 11) is 0. The standard InChI is InChI=1S/C30H20N2/c31-21-27-26(29-18-10-17-28(32-29)23-13-6-2-7-14-23)20-19-25(22-11-4-1-5-12-22)30(27)24-15-8-3-9-16-24/h1-20H. The summed E-state index contributed by atoms with van der Waals surface area (Å²) in [6.45, 7) is 0. The average Bonchev–Trinajstić information content (AvgIpc) is 2.89. The van der Waals surface area contributed by atoms with E-state index in [1.807, 2.05) is 91.0 Å². The summed E-state index contributed by atoms with van der Waals surface area (Å²) in [5, 5.41) is 10.3. The molecule has 0 spiro atoms. The van der Waals surface area contributed by atoms with Gasteiger partial charge in [-0.3, -0.25) is 0 Å². The van der Waals surface area contributed by atoms with Crippen molar-refractivity contribution in [1.29, 1.82) is 5.26 Å². The van der Waals surface area contributed by atoms with Crippen molar-refractivity contribution < 1.29 is 0 Å². The second-order valence-corrected chi connectivity index (χ2v) is 7.53. The molecule has 0 amide bonds. The molecule has 32 heavy (non-hydrogen) atoms. The van der Waals surface area contributed by atoms with E-state index in [2.05, 4.69) is 36.4 Å². The van der Waals surface area contributed by atoms with Gasteiger partial charge in [0.05, 0.1) is 17.0 Å². The second-order valence-electron chi connectivity index (χ2n) is 7.53. The quantitative estimate of drug-likeness (QED) is 0.307. The Morgan fingerprint density at radius 3 is 1.62 bits per heavy atom. The molecule has 0 N–H and O–H groups in total. The van der Waals surface area contributed by atoms with Crippen LogP contribution in [0.4, 0.5) is 0 Å². The van der Waals surface area contributed by atoms with Gasteiger partial charge in [0, 0.05) is 16.7 Å². The minimum Gasteiger partial charge on any atom is -0.248 e. The van der Waals surface area contributed by atoms with Crippen LogP contribution in [0, 0.1) is 11.3 Å². The van der Waals surface area contributed by atoms with Crippen molar-refractivity contribution >= 4 is 0 Å². The van der Waals surface area contributed by atoms with Crippen LogP contribution in [0.2, 0.25) is 0 Å². The Labute approximate surface area is 188 Å². The normalized spacial score (nSPS) is 10.5. The van der Waals surface area contributed by atoms with Crippen LogP contribution in [-0.2, 0) is 0 Å². The maximum Gasteiger partial charge on any atom is 0.101 e. The lowest BCUT2D eigenvalue weighted by Gasteiger charge is -2.16. The van der Waals surface area contributed by atoms with Crippen LogP contribution in [0.25, 0.3) is 44.8 Å². The largest absolute Gasteiger partial charge is 0.248 e. The predicted molar refractivity (Wildman–Crippen MR) is 131 cm³/mol. The lowest BCUT2D eigenvalue weighted by Crippen LogP contribution is -1.96. The highest BCUT2D eigenvalue weighted by atomic mass is 14.7. The first-order valence-electron chi connectivity index (χ1n) is 10.6. The van der Waals surface area contributed by atoms with Gasteiger partial charge >= 0.3 is 0 Å². The fraction of sp³-hybridized carbons (Fsp3) is 0. The summed E-state index contributed by atoms with van der Waals surface area (Å²) in [6, 6.07) is 43.0. The van der Waals surface area contributed by atoms with Gasteiger partial charge in [0.2, 0.25) is 0 Å². The van der Waals surface area contributed by atoms with Crippen LogP contribution >= 0.6 is 0 Å². The topological polar surface area (TPSA) is 36.7 Å². The molecule has 0 fully saturated rings. The molecule has 0 bridgehead atoms. The summed E-state index contributed by atoms with van der Waals surface area (Å²) in [6.07, 6.45) is 0. The molecule has 0 saturated heterocycles. The van der Waals surface area contributed by atoms with E-state index < -0.39 is 0 Å². The molecule has 0 aliphatic rings. The molecule has 0 unspecified atom stereocenters. The van der Waals surface area contributed by atoms with Crippen molar-refractivity contribution in [3.63, 3.8) is 0 Å². The van der Waals surface area contributed by atoms with Crippen LogP contribution in [0.1, 0.15) is 5.56 Å². The minimum absolute atomic E-state index is 0.635. The number of pyridine rings is 1. The number of hydrogen-bond donors (Lipinski definition) is 0. The van der Waals surface area contributed by atoms with E-state index in [4.69, 9.17) is 4.98 Å². The molecular formula is C30H20N2. The van der Waals surface area contributed by atoms with Gasteiger partial charge in [-0.25, -0.2) is 4.98 Å². The van der Waals surface area contributed by atoms with Crippen molar-refractivity contribution in [3.05, 3.63) is 127 Å². The lowest BCUT2D eigenvalue weighted by atomic mass is 9.87. The molecule has 5 rings (SSSR count). The van der Waals surface area contributed by atoms with E-state index in [1.165, 1.54) is 0 Å². The summed E-state index contributed by atoms with van der Waals surface area (Å²) >= 11 is 0. The van der Waals surface area contributed by atoms with E-state index in [-0.39, 0.29) is 0 Å². The van der Waals surface area contributed by atoms with Crippen molar-refractivity contribution in [3.8, 4) is 50.8 Å². The molecular weight excluding hydrogens is 388 g/mol. The van der Waals surface area contributed by atoms with Crippen molar-refractivity contribution in [2.75, 3.05) is 0 Å². The first-order valence-corrected chi connectivity index (χ1v) is 10.6. The van der Waals surface area contributed by atoms with Crippen molar-refractivity contribution in [1.82, 2.24) is 4.98 Å². The Bertz CT molecular complexity index is 1400. The zero-order valence-corrected chi connectivity index (χ0v) is 17.4. The van der Waals surface area contributed by atoms with E-state index in [1.54, 1.807) is 0 Å². The van der Waals surface area contributed by atoms with E-state index in [0.29, 0.717) is 5.56 Å². The van der Waals surface area contributed by atoms with Gasteiger partial charge < -0.3 is 0 Å². The van der Waals surface area contributed by atoms with Gasteiger partial charge in [-0.15, -0.1) is 0 Å². The number of hydrogen-bond acceptors (Lipinski definition) is 2. The van der Waals surface area contributed by atoms with E-state index in [9.17, 15) is 5.26 Å². The number of nitriles is 1. The molecule has 0 aliphatic carbocycles. The van der Waals surface area contributed by atoms with Gasteiger partial charge in [-0.2, -0.15) is 5.26 Å². The predicted octanol–water partition coefficient (Wildman–Crippen LogP) is 7.62. The molecule has 0 radical (unpaired) electrons. The molecule has 150 valence electrons. The summed E-state index contributed by atoms with van der Waals surface area (Å²) in [5.74, 6) is 0. The lowest BCUT2D eigenvalue weighted by molar-refractivity contribution is 1.31.